The van der Waals surface area contributed by atoms with E-state index >= 15 is 0 Å². The molecule has 4 rings (SSSR count). The molecule has 154 valence electrons. The number of hydrogen-bond acceptors (Lipinski definition) is 6. The number of carbonyl (C=O) groups is 2. The lowest BCUT2D eigenvalue weighted by molar-refractivity contribution is -0.118. The quantitative estimate of drug-likeness (QED) is 0.580. The van der Waals surface area contributed by atoms with Crippen LogP contribution in [0.25, 0.3) is 0 Å². The summed E-state index contributed by atoms with van der Waals surface area (Å²) in [6.45, 7) is 1.76. The van der Waals surface area contributed by atoms with Crippen LogP contribution >= 0.6 is 0 Å². The number of nitrogens with one attached hydrogen (secondary N) is 3. The van der Waals surface area contributed by atoms with Gasteiger partial charge in [0.25, 0.3) is 11.8 Å². The summed E-state index contributed by atoms with van der Waals surface area (Å²) in [6, 6.07) is 11.4. The van der Waals surface area contributed by atoms with Gasteiger partial charge in [-0.05, 0) is 30.9 Å². The Labute approximate surface area is 173 Å². The van der Waals surface area contributed by atoms with Crippen molar-refractivity contribution in [1.29, 1.82) is 0 Å². The zero-order valence-corrected chi connectivity index (χ0v) is 16.4. The SMILES string of the molecule is O=C(NC(C(=O)Nc1ccn[nH]1)c1ccccc1)c1ccnc(N2CCCCC2)n1. The van der Waals surface area contributed by atoms with E-state index < -0.39 is 11.9 Å². The minimum Gasteiger partial charge on any atom is -0.341 e. The number of hydrogen-bond donors (Lipinski definition) is 3. The summed E-state index contributed by atoms with van der Waals surface area (Å²) in [7, 11) is 0. The molecule has 0 saturated carbocycles. The van der Waals surface area contributed by atoms with Crippen molar-refractivity contribution in [3.63, 3.8) is 0 Å². The first-order valence-electron chi connectivity index (χ1n) is 9.95. The highest BCUT2D eigenvalue weighted by Gasteiger charge is 2.25. The van der Waals surface area contributed by atoms with Crippen molar-refractivity contribution in [3.8, 4) is 0 Å². The Bertz CT molecular complexity index is 986. The van der Waals surface area contributed by atoms with Gasteiger partial charge in [-0.3, -0.25) is 14.7 Å². The molecular formula is C21H23N7O2. The van der Waals surface area contributed by atoms with Gasteiger partial charge in [0.1, 0.15) is 17.6 Å². The largest absolute Gasteiger partial charge is 0.341 e. The molecule has 1 aliphatic rings. The number of anilines is 2. The number of amides is 2. The molecule has 0 aliphatic carbocycles. The molecule has 1 aliphatic heterocycles. The van der Waals surface area contributed by atoms with E-state index in [1.165, 1.54) is 12.6 Å². The fourth-order valence-corrected chi connectivity index (χ4v) is 3.40. The van der Waals surface area contributed by atoms with E-state index in [1.807, 2.05) is 18.2 Å². The third kappa shape index (κ3) is 4.62. The third-order valence-corrected chi connectivity index (χ3v) is 4.94. The predicted octanol–water partition coefficient (Wildman–Crippen LogP) is 2.30. The van der Waals surface area contributed by atoms with Crippen molar-refractivity contribution in [3.05, 3.63) is 66.1 Å². The van der Waals surface area contributed by atoms with Crippen molar-refractivity contribution in [2.45, 2.75) is 25.3 Å². The lowest BCUT2D eigenvalue weighted by Gasteiger charge is -2.26. The van der Waals surface area contributed by atoms with E-state index in [0.717, 1.165) is 25.9 Å². The summed E-state index contributed by atoms with van der Waals surface area (Å²) >= 11 is 0. The van der Waals surface area contributed by atoms with Gasteiger partial charge in [-0.1, -0.05) is 30.3 Å². The molecule has 0 radical (unpaired) electrons. The summed E-state index contributed by atoms with van der Waals surface area (Å²) in [4.78, 5) is 36.7. The molecular weight excluding hydrogens is 382 g/mol. The van der Waals surface area contributed by atoms with Crippen LogP contribution in [-0.2, 0) is 4.79 Å². The number of rotatable bonds is 6. The minimum atomic E-state index is -0.893. The fourth-order valence-electron chi connectivity index (χ4n) is 3.40. The average Bonchev–Trinajstić information content (AvgIpc) is 3.31. The van der Waals surface area contributed by atoms with Gasteiger partial charge in [-0.15, -0.1) is 0 Å². The molecule has 3 N–H and O–H groups in total. The topological polar surface area (TPSA) is 116 Å². The van der Waals surface area contributed by atoms with Crippen LogP contribution in [0.4, 0.5) is 11.8 Å². The standard InChI is InChI=1S/C21H23N7O2/c29-19(16-9-11-22-21(24-16)28-13-5-2-6-14-28)26-18(15-7-3-1-4-8-15)20(30)25-17-10-12-23-27-17/h1,3-4,7-12,18H,2,5-6,13-14H2,(H,26,29)(H2,23,25,27,30). The molecule has 3 heterocycles. The highest BCUT2D eigenvalue weighted by atomic mass is 16.2. The Kier molecular flexibility index (Phi) is 5.98. The average molecular weight is 405 g/mol. The van der Waals surface area contributed by atoms with Crippen LogP contribution in [0.2, 0.25) is 0 Å². The highest BCUT2D eigenvalue weighted by Crippen LogP contribution is 2.18. The Hall–Kier alpha value is -3.75. The Morgan fingerprint density at radius 1 is 1.00 bits per heavy atom. The molecule has 0 spiro atoms. The number of nitrogens with zero attached hydrogens (tertiary/aromatic N) is 4. The molecule has 3 aromatic rings. The van der Waals surface area contributed by atoms with Crippen molar-refractivity contribution < 1.29 is 9.59 Å². The second-order valence-corrected chi connectivity index (χ2v) is 7.07. The van der Waals surface area contributed by atoms with Crippen LogP contribution in [-0.4, -0.2) is 45.1 Å². The first-order chi connectivity index (χ1) is 14.7. The van der Waals surface area contributed by atoms with E-state index in [9.17, 15) is 9.59 Å². The van der Waals surface area contributed by atoms with E-state index in [1.54, 1.807) is 30.5 Å². The van der Waals surface area contributed by atoms with E-state index in [2.05, 4.69) is 35.7 Å². The van der Waals surface area contributed by atoms with Crippen LogP contribution in [0.3, 0.4) is 0 Å². The first-order valence-corrected chi connectivity index (χ1v) is 9.95. The maximum absolute atomic E-state index is 13.0. The smallest absolute Gasteiger partial charge is 0.270 e. The van der Waals surface area contributed by atoms with Gasteiger partial charge in [-0.2, -0.15) is 5.10 Å². The summed E-state index contributed by atoms with van der Waals surface area (Å²) in [5.41, 5.74) is 0.883. The van der Waals surface area contributed by atoms with E-state index in [0.29, 0.717) is 17.3 Å². The molecule has 1 aromatic carbocycles. The molecule has 1 fully saturated rings. The van der Waals surface area contributed by atoms with Crippen LogP contribution in [0, 0.1) is 0 Å². The van der Waals surface area contributed by atoms with Crippen molar-refractivity contribution in [2.75, 3.05) is 23.3 Å². The maximum Gasteiger partial charge on any atom is 0.270 e. The molecule has 9 nitrogen and oxygen atoms in total. The monoisotopic (exact) mass is 405 g/mol. The number of aromatic nitrogens is 4. The van der Waals surface area contributed by atoms with Gasteiger partial charge in [0, 0.05) is 25.4 Å². The van der Waals surface area contributed by atoms with E-state index in [4.69, 9.17) is 0 Å². The van der Waals surface area contributed by atoms with Gasteiger partial charge in [0.05, 0.1) is 6.20 Å². The van der Waals surface area contributed by atoms with Gasteiger partial charge < -0.3 is 15.5 Å². The van der Waals surface area contributed by atoms with Gasteiger partial charge in [0.2, 0.25) is 5.95 Å². The lowest BCUT2D eigenvalue weighted by Crippen LogP contribution is -2.38. The molecule has 9 heteroatoms. The van der Waals surface area contributed by atoms with Gasteiger partial charge in [0.15, 0.2) is 0 Å². The predicted molar refractivity (Wildman–Crippen MR) is 112 cm³/mol. The van der Waals surface area contributed by atoms with Crippen LogP contribution in [0.1, 0.15) is 41.4 Å². The van der Waals surface area contributed by atoms with Crippen LogP contribution < -0.4 is 15.5 Å². The Morgan fingerprint density at radius 3 is 2.53 bits per heavy atom. The summed E-state index contributed by atoms with van der Waals surface area (Å²) < 4.78 is 0. The third-order valence-electron chi connectivity index (χ3n) is 4.94. The molecule has 0 bridgehead atoms. The molecule has 2 aromatic heterocycles. The zero-order valence-electron chi connectivity index (χ0n) is 16.4. The number of carbonyl (C=O) groups excluding carboxylic acids is 2. The van der Waals surface area contributed by atoms with Gasteiger partial charge >= 0.3 is 0 Å². The fraction of sp³-hybridized carbons (Fsp3) is 0.286. The molecule has 30 heavy (non-hydrogen) atoms. The summed E-state index contributed by atoms with van der Waals surface area (Å²) in [6.07, 6.45) is 6.48. The number of H-pyrrole nitrogens is 1. The summed E-state index contributed by atoms with van der Waals surface area (Å²) in [5, 5.41) is 12.0. The minimum absolute atomic E-state index is 0.223. The maximum atomic E-state index is 13.0. The van der Waals surface area contributed by atoms with Crippen LogP contribution in [0.15, 0.2) is 54.9 Å². The Balaban J connectivity index is 1.53. The molecule has 2 amide bonds. The number of benzene rings is 1. The summed E-state index contributed by atoms with van der Waals surface area (Å²) in [5.74, 6) is 0.165. The van der Waals surface area contributed by atoms with Crippen molar-refractivity contribution in [2.24, 2.45) is 0 Å². The first kappa shape index (κ1) is 19.6. The number of aromatic amines is 1. The Morgan fingerprint density at radius 2 is 1.80 bits per heavy atom. The zero-order chi connectivity index (χ0) is 20.8. The normalized spacial score (nSPS) is 14.7. The second-order valence-electron chi connectivity index (χ2n) is 7.07. The van der Waals surface area contributed by atoms with E-state index in [-0.39, 0.29) is 11.6 Å². The number of piperidine rings is 1. The van der Waals surface area contributed by atoms with Crippen molar-refractivity contribution >= 4 is 23.6 Å². The van der Waals surface area contributed by atoms with Crippen LogP contribution in [0.5, 0.6) is 0 Å². The second kappa shape index (κ2) is 9.17. The lowest BCUT2D eigenvalue weighted by atomic mass is 10.1. The molecule has 1 saturated heterocycles. The highest BCUT2D eigenvalue weighted by molar-refractivity contribution is 6.00. The van der Waals surface area contributed by atoms with Crippen molar-refractivity contribution in [1.82, 2.24) is 25.5 Å². The molecule has 1 unspecified atom stereocenters. The van der Waals surface area contributed by atoms with Gasteiger partial charge in [-0.25, -0.2) is 9.97 Å². The molecule has 1 atom stereocenters.